The zero-order chi connectivity index (χ0) is 16.6. The van der Waals surface area contributed by atoms with E-state index in [1.54, 1.807) is 37.4 Å². The number of anilines is 1. The smallest absolute Gasteiger partial charge is 0.162 e. The molecule has 1 atom stereocenters. The third-order valence-electron chi connectivity index (χ3n) is 3.98. The first-order chi connectivity index (χ1) is 11.0. The lowest BCUT2D eigenvalue weighted by molar-refractivity contribution is -0.116. The van der Waals surface area contributed by atoms with Crippen molar-refractivity contribution in [2.75, 3.05) is 4.90 Å². The van der Waals surface area contributed by atoms with Gasteiger partial charge in [0, 0.05) is 18.2 Å². The summed E-state index contributed by atoms with van der Waals surface area (Å²) >= 11 is 12.1. The summed E-state index contributed by atoms with van der Waals surface area (Å²) < 4.78 is 0. The van der Waals surface area contributed by atoms with Crippen LogP contribution in [-0.2, 0) is 4.79 Å². The molecule has 0 unspecified atom stereocenters. The number of allylic oxidation sites excluding steroid dienone is 1. The van der Waals surface area contributed by atoms with Crippen LogP contribution < -0.4 is 4.90 Å². The fourth-order valence-corrected chi connectivity index (χ4v) is 3.03. The number of phenolic OH excluding ortho intramolecular Hbond substituents is 1. The van der Waals surface area contributed by atoms with Crippen molar-refractivity contribution in [3.05, 3.63) is 69.8 Å². The highest BCUT2D eigenvalue weighted by atomic mass is 35.5. The maximum absolute atomic E-state index is 12.2. The molecule has 0 radical (unpaired) electrons. The average Bonchev–Trinajstić information content (AvgIpc) is 2.53. The number of ketones is 1. The van der Waals surface area contributed by atoms with Crippen molar-refractivity contribution >= 4 is 34.7 Å². The van der Waals surface area contributed by atoms with Crippen LogP contribution in [0.15, 0.2) is 54.2 Å². The van der Waals surface area contributed by atoms with E-state index in [2.05, 4.69) is 0 Å². The summed E-state index contributed by atoms with van der Waals surface area (Å²) in [5, 5.41) is 11.1. The summed E-state index contributed by atoms with van der Waals surface area (Å²) in [6.45, 7) is 1.78. The number of carbonyl (C=O) groups is 1. The van der Waals surface area contributed by atoms with E-state index in [1.165, 1.54) is 0 Å². The Balaban J connectivity index is 2.11. The van der Waals surface area contributed by atoms with Crippen LogP contribution in [0.5, 0.6) is 5.75 Å². The largest absolute Gasteiger partial charge is 0.506 e. The Labute approximate surface area is 144 Å². The lowest BCUT2D eigenvalue weighted by Crippen LogP contribution is -2.31. The molecule has 0 saturated carbocycles. The lowest BCUT2D eigenvalue weighted by Gasteiger charge is -2.35. The number of hydrogen-bond acceptors (Lipinski definition) is 3. The highest BCUT2D eigenvalue weighted by Crippen LogP contribution is 2.40. The molecule has 0 amide bonds. The zero-order valence-electron chi connectivity index (χ0n) is 12.5. The van der Waals surface area contributed by atoms with E-state index in [0.29, 0.717) is 27.7 Å². The Hall–Kier alpha value is -1.97. The van der Waals surface area contributed by atoms with Crippen LogP contribution in [0.3, 0.4) is 0 Å². The summed E-state index contributed by atoms with van der Waals surface area (Å²) in [6.07, 6.45) is 2.09. The number of phenols is 1. The van der Waals surface area contributed by atoms with E-state index in [-0.39, 0.29) is 17.6 Å². The van der Waals surface area contributed by atoms with Gasteiger partial charge < -0.3 is 10.0 Å². The highest BCUT2D eigenvalue weighted by molar-refractivity contribution is 6.42. The molecule has 2 aromatic rings. The predicted octanol–water partition coefficient (Wildman–Crippen LogP) is 5.12. The minimum Gasteiger partial charge on any atom is -0.506 e. The van der Waals surface area contributed by atoms with E-state index in [4.69, 9.17) is 23.2 Å². The summed E-state index contributed by atoms with van der Waals surface area (Å²) in [5.74, 6) is 0.240. The first kappa shape index (κ1) is 15.9. The Kier molecular flexibility index (Phi) is 4.33. The van der Waals surface area contributed by atoms with Crippen LogP contribution in [0.25, 0.3) is 0 Å². The second-order valence-corrected chi connectivity index (χ2v) is 6.34. The molecular weight excluding hydrogens is 333 g/mol. The highest BCUT2D eigenvalue weighted by Gasteiger charge is 2.29. The molecule has 0 saturated heterocycles. The maximum Gasteiger partial charge on any atom is 0.162 e. The van der Waals surface area contributed by atoms with Gasteiger partial charge in [0.15, 0.2) is 5.78 Å². The van der Waals surface area contributed by atoms with Crippen molar-refractivity contribution in [2.45, 2.75) is 19.4 Å². The molecule has 0 bridgehead atoms. The van der Waals surface area contributed by atoms with Gasteiger partial charge in [0.1, 0.15) is 5.75 Å². The van der Waals surface area contributed by atoms with Gasteiger partial charge in [-0.15, -0.1) is 0 Å². The lowest BCUT2D eigenvalue weighted by atomic mass is 9.93. The topological polar surface area (TPSA) is 40.5 Å². The van der Waals surface area contributed by atoms with Crippen molar-refractivity contribution in [2.24, 2.45) is 0 Å². The Bertz CT molecular complexity index is 801. The van der Waals surface area contributed by atoms with Gasteiger partial charge in [0.05, 0.1) is 21.8 Å². The molecule has 2 aromatic carbocycles. The van der Waals surface area contributed by atoms with Gasteiger partial charge in [-0.25, -0.2) is 0 Å². The molecular formula is C18H15Cl2NO2. The van der Waals surface area contributed by atoms with Gasteiger partial charge in [-0.2, -0.15) is 0 Å². The van der Waals surface area contributed by atoms with E-state index in [0.717, 1.165) is 5.56 Å². The fourth-order valence-electron chi connectivity index (χ4n) is 2.72. The van der Waals surface area contributed by atoms with Gasteiger partial charge in [-0.05, 0) is 36.8 Å². The number of para-hydroxylation sites is 2. The molecule has 0 aliphatic carbocycles. The zero-order valence-corrected chi connectivity index (χ0v) is 14.0. The summed E-state index contributed by atoms with van der Waals surface area (Å²) in [5.41, 5.74) is 2.18. The minimum atomic E-state index is -0.241. The van der Waals surface area contributed by atoms with Crippen LogP contribution in [0, 0.1) is 0 Å². The van der Waals surface area contributed by atoms with Crippen LogP contribution in [0.2, 0.25) is 10.0 Å². The number of hydrogen-bond donors (Lipinski definition) is 1. The standard InChI is InChI=1S/C18H15Cl2NO2/c1-11-10-21(15-4-2-3-5-17(15)22)16(9-18(11)23)12-6-7-13(19)14(20)8-12/h2-8,10,16,22H,9H2,1H3/t16-/m0/s1. The number of halogens is 2. The summed E-state index contributed by atoms with van der Waals surface area (Å²) in [7, 11) is 0. The van der Waals surface area contributed by atoms with Crippen molar-refractivity contribution in [1.82, 2.24) is 0 Å². The molecule has 1 N–H and O–H groups in total. The maximum atomic E-state index is 12.2. The Morgan fingerprint density at radius 2 is 1.87 bits per heavy atom. The third kappa shape index (κ3) is 3.07. The quantitative estimate of drug-likeness (QED) is 0.819. The Morgan fingerprint density at radius 3 is 2.57 bits per heavy atom. The van der Waals surface area contributed by atoms with Crippen LogP contribution in [0.1, 0.15) is 24.9 Å². The normalized spacial score (nSPS) is 18.0. The molecule has 23 heavy (non-hydrogen) atoms. The van der Waals surface area contributed by atoms with Crippen LogP contribution in [-0.4, -0.2) is 10.9 Å². The Morgan fingerprint density at radius 1 is 1.13 bits per heavy atom. The second kappa shape index (κ2) is 6.26. The van der Waals surface area contributed by atoms with E-state index >= 15 is 0 Å². The number of benzene rings is 2. The number of rotatable bonds is 2. The van der Waals surface area contributed by atoms with Gasteiger partial charge in [-0.3, -0.25) is 4.79 Å². The van der Waals surface area contributed by atoms with E-state index in [9.17, 15) is 9.90 Å². The first-order valence-electron chi connectivity index (χ1n) is 7.20. The summed E-state index contributed by atoms with van der Waals surface area (Å²) in [4.78, 5) is 14.1. The third-order valence-corrected chi connectivity index (χ3v) is 4.71. The van der Waals surface area contributed by atoms with Crippen molar-refractivity contribution in [1.29, 1.82) is 0 Å². The van der Waals surface area contributed by atoms with Gasteiger partial charge >= 0.3 is 0 Å². The molecule has 3 rings (SSSR count). The van der Waals surface area contributed by atoms with E-state index < -0.39 is 0 Å². The van der Waals surface area contributed by atoms with Gasteiger partial charge in [-0.1, -0.05) is 41.4 Å². The fraction of sp³-hybridized carbons (Fsp3) is 0.167. The minimum absolute atomic E-state index is 0.0766. The molecule has 0 fully saturated rings. The molecule has 1 aliphatic rings. The van der Waals surface area contributed by atoms with Crippen molar-refractivity contribution < 1.29 is 9.90 Å². The molecule has 0 aromatic heterocycles. The molecule has 3 nitrogen and oxygen atoms in total. The average molecular weight is 348 g/mol. The number of nitrogens with zero attached hydrogens (tertiary/aromatic N) is 1. The number of aromatic hydroxyl groups is 1. The van der Waals surface area contributed by atoms with E-state index in [1.807, 2.05) is 23.1 Å². The molecule has 118 valence electrons. The number of carbonyl (C=O) groups excluding carboxylic acids is 1. The van der Waals surface area contributed by atoms with Gasteiger partial charge in [0.25, 0.3) is 0 Å². The molecule has 5 heteroatoms. The SMILES string of the molecule is CC1=CN(c2ccccc2O)[C@H](c2ccc(Cl)c(Cl)c2)CC1=O. The predicted molar refractivity (Wildman–Crippen MR) is 93.2 cm³/mol. The monoisotopic (exact) mass is 347 g/mol. The molecule has 1 aliphatic heterocycles. The molecule has 0 spiro atoms. The summed E-state index contributed by atoms with van der Waals surface area (Å²) in [6, 6.07) is 12.2. The van der Waals surface area contributed by atoms with Crippen LogP contribution in [0.4, 0.5) is 5.69 Å². The number of Topliss-reactive ketones (excluding diaryl/α,β-unsaturated/α-hetero) is 1. The second-order valence-electron chi connectivity index (χ2n) is 5.52. The molecule has 1 heterocycles. The van der Waals surface area contributed by atoms with Crippen molar-refractivity contribution in [3.63, 3.8) is 0 Å². The van der Waals surface area contributed by atoms with Gasteiger partial charge in [0.2, 0.25) is 0 Å². The first-order valence-corrected chi connectivity index (χ1v) is 7.96. The van der Waals surface area contributed by atoms with Crippen molar-refractivity contribution in [3.8, 4) is 5.75 Å². The van der Waals surface area contributed by atoms with Crippen LogP contribution >= 0.6 is 23.2 Å².